The predicted molar refractivity (Wildman–Crippen MR) is 96.2 cm³/mol. The number of nitrogens with zero attached hydrogens (tertiary/aromatic N) is 5. The summed E-state index contributed by atoms with van der Waals surface area (Å²) in [6, 6.07) is 1.80. The second-order valence-electron chi connectivity index (χ2n) is 6.54. The van der Waals surface area contributed by atoms with Crippen molar-refractivity contribution in [3.8, 4) is 5.88 Å². The Morgan fingerprint density at radius 3 is 2.71 bits per heavy atom. The van der Waals surface area contributed by atoms with E-state index in [-0.39, 0.29) is 17.7 Å². The third-order valence-electron chi connectivity index (χ3n) is 4.59. The van der Waals surface area contributed by atoms with Crippen molar-refractivity contribution in [1.29, 1.82) is 0 Å². The Bertz CT molecular complexity index is 1070. The number of nitrogens with one attached hydrogen (secondary N) is 1. The molecule has 28 heavy (non-hydrogen) atoms. The van der Waals surface area contributed by atoms with Gasteiger partial charge in [-0.1, -0.05) is 13.0 Å². The lowest BCUT2D eigenvalue weighted by molar-refractivity contribution is -0.138. The van der Waals surface area contributed by atoms with Crippen LogP contribution in [0.4, 0.5) is 19.1 Å². The fourth-order valence-electron chi connectivity index (χ4n) is 3.12. The van der Waals surface area contributed by atoms with Crippen LogP contribution >= 0.6 is 0 Å². The third-order valence-corrected chi connectivity index (χ3v) is 4.59. The Labute approximate surface area is 158 Å². The smallest absolute Gasteiger partial charge is 0.408 e. The average Bonchev–Trinajstić information content (AvgIpc) is 3.24. The molecule has 0 amide bonds. The number of anilines is 1. The second kappa shape index (κ2) is 6.47. The van der Waals surface area contributed by atoms with Crippen LogP contribution in [0.5, 0.6) is 5.88 Å². The van der Waals surface area contributed by atoms with Crippen molar-refractivity contribution in [2.45, 2.75) is 32.0 Å². The summed E-state index contributed by atoms with van der Waals surface area (Å²) in [5.41, 5.74) is 3.37. The average molecular weight is 390 g/mol. The van der Waals surface area contributed by atoms with Crippen LogP contribution in [0.3, 0.4) is 0 Å². The number of hydrogen-bond acceptors (Lipinski definition) is 6. The number of rotatable bonds is 4. The van der Waals surface area contributed by atoms with Crippen molar-refractivity contribution in [2.75, 3.05) is 12.4 Å². The first-order valence-electron chi connectivity index (χ1n) is 8.60. The summed E-state index contributed by atoms with van der Waals surface area (Å²) in [5.74, 6) is -0.0552. The fourth-order valence-corrected chi connectivity index (χ4v) is 3.12. The number of fused-ring (bicyclic) bond motifs is 2. The Balaban J connectivity index is 1.77. The molecule has 2 atom stereocenters. The molecule has 4 rings (SSSR count). The van der Waals surface area contributed by atoms with Gasteiger partial charge in [0, 0.05) is 23.8 Å². The zero-order valence-corrected chi connectivity index (χ0v) is 15.3. The lowest BCUT2D eigenvalue weighted by Gasteiger charge is -2.19. The van der Waals surface area contributed by atoms with E-state index in [0.717, 1.165) is 12.5 Å². The summed E-state index contributed by atoms with van der Waals surface area (Å²) in [7, 11) is 1.42. The van der Waals surface area contributed by atoms with Gasteiger partial charge in [0.15, 0.2) is 5.65 Å². The molecule has 0 fully saturated rings. The van der Waals surface area contributed by atoms with E-state index in [2.05, 4.69) is 25.4 Å². The van der Waals surface area contributed by atoms with Gasteiger partial charge in [0.25, 0.3) is 0 Å². The first kappa shape index (κ1) is 18.2. The molecule has 7 nitrogen and oxygen atoms in total. The molecule has 0 bridgehead atoms. The van der Waals surface area contributed by atoms with Crippen molar-refractivity contribution in [3.63, 3.8) is 0 Å². The maximum atomic E-state index is 12.9. The van der Waals surface area contributed by atoms with Crippen LogP contribution in [0.1, 0.15) is 36.7 Å². The molecule has 0 radical (unpaired) electrons. The topological polar surface area (TPSA) is 77.2 Å². The molecule has 0 unspecified atom stereocenters. The summed E-state index contributed by atoms with van der Waals surface area (Å²) in [6.45, 7) is 2.92. The minimum Gasteiger partial charge on any atom is -0.480 e. The van der Waals surface area contributed by atoms with Crippen LogP contribution in [-0.4, -0.2) is 43.9 Å². The first-order valence-corrected chi connectivity index (χ1v) is 8.60. The zero-order valence-electron chi connectivity index (χ0n) is 15.3. The highest BCUT2D eigenvalue weighted by atomic mass is 19.4. The Morgan fingerprint density at radius 1 is 1.21 bits per heavy atom. The number of alkyl halides is 3. The van der Waals surface area contributed by atoms with Gasteiger partial charge >= 0.3 is 6.18 Å². The van der Waals surface area contributed by atoms with Crippen molar-refractivity contribution in [3.05, 3.63) is 47.6 Å². The van der Waals surface area contributed by atoms with E-state index in [4.69, 9.17) is 4.74 Å². The van der Waals surface area contributed by atoms with E-state index in [1.807, 2.05) is 19.1 Å². The van der Waals surface area contributed by atoms with Gasteiger partial charge in [-0.05, 0) is 13.0 Å². The third kappa shape index (κ3) is 3.04. The number of allylic oxidation sites excluding steroid dienone is 1. The summed E-state index contributed by atoms with van der Waals surface area (Å²) in [5, 5.41) is 6.43. The zero-order chi connectivity index (χ0) is 20.1. The molecule has 1 aliphatic carbocycles. The van der Waals surface area contributed by atoms with Crippen LogP contribution in [0, 0.1) is 0 Å². The van der Waals surface area contributed by atoms with Crippen molar-refractivity contribution in [2.24, 2.45) is 0 Å². The number of hydrogen-bond donors (Lipinski definition) is 1. The van der Waals surface area contributed by atoms with E-state index >= 15 is 0 Å². The van der Waals surface area contributed by atoms with Crippen LogP contribution in [0.25, 0.3) is 11.2 Å². The molecule has 1 N–H and O–H groups in total. The van der Waals surface area contributed by atoms with E-state index < -0.39 is 12.2 Å². The van der Waals surface area contributed by atoms with Gasteiger partial charge in [0.05, 0.1) is 30.3 Å². The second-order valence-corrected chi connectivity index (χ2v) is 6.54. The molecule has 3 aromatic heterocycles. The summed E-state index contributed by atoms with van der Waals surface area (Å²) < 4.78 is 45.7. The molecule has 0 saturated heterocycles. The standard InChI is InChI=1S/C18H17F3N6O/c1-9-8-11(12-5-7-27-13(24-12)4-6-22-27)14-15(9)25-17(26-16(14)28-3)23-10(2)18(19,20)21/h4-10H,1-3H3,(H,23,25,26)/t9-,10+/m0/s1. The van der Waals surface area contributed by atoms with Gasteiger partial charge < -0.3 is 10.1 Å². The van der Waals surface area contributed by atoms with Crippen LogP contribution in [0.2, 0.25) is 0 Å². The minimum absolute atomic E-state index is 0.124. The predicted octanol–water partition coefficient (Wildman–Crippen LogP) is 3.44. The molecule has 146 valence electrons. The van der Waals surface area contributed by atoms with Gasteiger partial charge in [-0.25, -0.2) is 14.5 Å². The quantitative estimate of drug-likeness (QED) is 0.735. The van der Waals surface area contributed by atoms with E-state index in [1.54, 1.807) is 23.0 Å². The fraction of sp³-hybridized carbons (Fsp3) is 0.333. The van der Waals surface area contributed by atoms with Gasteiger partial charge in [0.1, 0.15) is 6.04 Å². The maximum Gasteiger partial charge on any atom is 0.408 e. The minimum atomic E-state index is -4.41. The molecule has 3 aromatic rings. The molecular weight excluding hydrogens is 373 g/mol. The van der Waals surface area contributed by atoms with Crippen LogP contribution in [0.15, 0.2) is 30.6 Å². The number of halogens is 3. The van der Waals surface area contributed by atoms with E-state index in [9.17, 15) is 13.2 Å². The molecular formula is C18H17F3N6O. The molecule has 0 aromatic carbocycles. The Kier molecular flexibility index (Phi) is 4.20. The Hall–Kier alpha value is -3.17. The molecule has 1 aliphatic rings. The van der Waals surface area contributed by atoms with Gasteiger partial charge in [0.2, 0.25) is 11.8 Å². The SMILES string of the molecule is COc1nc(N[C@H](C)C(F)(F)F)nc2c1C(c1ccn3nccc3n1)=C[C@@H]2C. The largest absolute Gasteiger partial charge is 0.480 e. The van der Waals surface area contributed by atoms with Gasteiger partial charge in [-0.15, -0.1) is 0 Å². The molecule has 0 saturated carbocycles. The number of aromatic nitrogens is 5. The maximum absolute atomic E-state index is 12.9. The normalized spacial score (nSPS) is 17.4. The molecule has 0 spiro atoms. The number of methoxy groups -OCH3 is 1. The highest BCUT2D eigenvalue weighted by Crippen LogP contribution is 2.42. The van der Waals surface area contributed by atoms with Gasteiger partial charge in [-0.3, -0.25) is 0 Å². The lowest BCUT2D eigenvalue weighted by atomic mass is 10.1. The monoisotopic (exact) mass is 390 g/mol. The summed E-state index contributed by atoms with van der Waals surface area (Å²) in [4.78, 5) is 13.1. The Morgan fingerprint density at radius 2 is 2.00 bits per heavy atom. The first-order chi connectivity index (χ1) is 13.3. The highest BCUT2D eigenvalue weighted by molar-refractivity contribution is 5.86. The van der Waals surface area contributed by atoms with Crippen molar-refractivity contribution >= 4 is 17.2 Å². The lowest BCUT2D eigenvalue weighted by Crippen LogP contribution is -2.34. The molecule has 0 aliphatic heterocycles. The van der Waals surface area contributed by atoms with Crippen LogP contribution in [-0.2, 0) is 0 Å². The van der Waals surface area contributed by atoms with Crippen molar-refractivity contribution in [1.82, 2.24) is 24.6 Å². The highest BCUT2D eigenvalue weighted by Gasteiger charge is 2.37. The summed E-state index contributed by atoms with van der Waals surface area (Å²) in [6.07, 6.45) is 0.980. The molecule has 10 heteroatoms. The molecule has 3 heterocycles. The number of ether oxygens (including phenoxy) is 1. The van der Waals surface area contributed by atoms with E-state index in [1.165, 1.54) is 7.11 Å². The van der Waals surface area contributed by atoms with E-state index in [0.29, 0.717) is 22.6 Å². The summed E-state index contributed by atoms with van der Waals surface area (Å²) >= 11 is 0. The van der Waals surface area contributed by atoms with Gasteiger partial charge in [-0.2, -0.15) is 23.3 Å². The van der Waals surface area contributed by atoms with Crippen LogP contribution < -0.4 is 10.1 Å². The van der Waals surface area contributed by atoms with Crippen molar-refractivity contribution < 1.29 is 17.9 Å².